The summed E-state index contributed by atoms with van der Waals surface area (Å²) < 4.78 is 0. The molecule has 1 N–H and O–H groups in total. The standard InChI is InChI=1S/C9H9N3S/c1-3-9(13-8-1)4-7-12-10-5-2-6-11-12/h1-8,10H/b7-4+. The summed E-state index contributed by atoms with van der Waals surface area (Å²) in [6, 6.07) is 4.09. The molecule has 2 rings (SSSR count). The molecule has 3 nitrogen and oxygen atoms in total. The highest BCUT2D eigenvalue weighted by Gasteiger charge is 1.93. The molecule has 0 radical (unpaired) electrons. The van der Waals surface area contributed by atoms with E-state index >= 15 is 0 Å². The Balaban J connectivity index is 1.98. The zero-order valence-corrected chi connectivity index (χ0v) is 7.74. The number of hydrogen-bond acceptors (Lipinski definition) is 4. The van der Waals surface area contributed by atoms with Gasteiger partial charge in [0, 0.05) is 17.3 Å². The van der Waals surface area contributed by atoms with Crippen LogP contribution in [-0.2, 0) is 0 Å². The van der Waals surface area contributed by atoms with E-state index in [1.54, 1.807) is 22.7 Å². The maximum absolute atomic E-state index is 4.06. The van der Waals surface area contributed by atoms with Crippen molar-refractivity contribution in [1.29, 1.82) is 0 Å². The molecule has 2 heterocycles. The van der Waals surface area contributed by atoms with Crippen molar-refractivity contribution in [3.05, 3.63) is 40.9 Å². The van der Waals surface area contributed by atoms with E-state index in [0.717, 1.165) is 0 Å². The van der Waals surface area contributed by atoms with Crippen molar-refractivity contribution in [2.45, 2.75) is 0 Å². The Kier molecular flexibility index (Phi) is 2.43. The summed E-state index contributed by atoms with van der Waals surface area (Å²) in [7, 11) is 0. The predicted molar refractivity (Wildman–Crippen MR) is 56.0 cm³/mol. The van der Waals surface area contributed by atoms with Crippen LogP contribution in [0.4, 0.5) is 0 Å². The molecule has 0 saturated heterocycles. The largest absolute Gasteiger partial charge is 0.286 e. The van der Waals surface area contributed by atoms with E-state index in [-0.39, 0.29) is 0 Å². The van der Waals surface area contributed by atoms with Gasteiger partial charge in [0.05, 0.1) is 6.21 Å². The van der Waals surface area contributed by atoms with E-state index in [4.69, 9.17) is 0 Å². The number of hydrazone groups is 1. The number of rotatable bonds is 2. The highest BCUT2D eigenvalue weighted by Crippen LogP contribution is 2.10. The maximum Gasteiger partial charge on any atom is 0.0509 e. The van der Waals surface area contributed by atoms with Crippen molar-refractivity contribution in [3.8, 4) is 0 Å². The first kappa shape index (κ1) is 8.07. The van der Waals surface area contributed by atoms with Crippen LogP contribution in [0.5, 0.6) is 0 Å². The van der Waals surface area contributed by atoms with Crippen molar-refractivity contribution in [2.75, 3.05) is 0 Å². The minimum Gasteiger partial charge on any atom is -0.286 e. The molecular weight excluding hydrogens is 182 g/mol. The summed E-state index contributed by atoms with van der Waals surface area (Å²) in [6.07, 6.45) is 9.29. The monoisotopic (exact) mass is 191 g/mol. The summed E-state index contributed by atoms with van der Waals surface area (Å²) in [5.41, 5.74) is 2.95. The number of hydrogen-bond donors (Lipinski definition) is 1. The average Bonchev–Trinajstić information content (AvgIpc) is 2.69. The van der Waals surface area contributed by atoms with Crippen molar-refractivity contribution < 1.29 is 0 Å². The lowest BCUT2D eigenvalue weighted by Gasteiger charge is -2.14. The van der Waals surface area contributed by atoms with Crippen LogP contribution in [0.15, 0.2) is 41.1 Å². The number of nitrogens with zero attached hydrogens (tertiary/aromatic N) is 2. The molecule has 1 aromatic heterocycles. The lowest BCUT2D eigenvalue weighted by molar-refractivity contribution is 0.334. The highest BCUT2D eigenvalue weighted by molar-refractivity contribution is 7.10. The minimum absolute atomic E-state index is 1.21. The molecule has 0 unspecified atom stereocenters. The molecule has 1 aliphatic rings. The smallest absolute Gasteiger partial charge is 0.0509 e. The fourth-order valence-electron chi connectivity index (χ4n) is 0.918. The highest BCUT2D eigenvalue weighted by atomic mass is 32.1. The van der Waals surface area contributed by atoms with Crippen molar-refractivity contribution in [1.82, 2.24) is 10.5 Å². The Morgan fingerprint density at radius 3 is 3.23 bits per heavy atom. The van der Waals surface area contributed by atoms with Crippen molar-refractivity contribution in [2.24, 2.45) is 5.10 Å². The summed E-state index contributed by atoms with van der Waals surface area (Å²) >= 11 is 1.70. The zero-order valence-electron chi connectivity index (χ0n) is 6.92. The molecule has 0 bridgehead atoms. The first-order chi connectivity index (χ1) is 6.45. The van der Waals surface area contributed by atoms with Gasteiger partial charge in [0.25, 0.3) is 0 Å². The molecule has 66 valence electrons. The number of thiophene rings is 1. The van der Waals surface area contributed by atoms with Crippen LogP contribution in [0.2, 0.25) is 0 Å². The van der Waals surface area contributed by atoms with E-state index in [1.165, 1.54) is 4.88 Å². The molecule has 0 atom stereocenters. The summed E-state index contributed by atoms with van der Waals surface area (Å²) in [4.78, 5) is 1.21. The summed E-state index contributed by atoms with van der Waals surface area (Å²) in [5.74, 6) is 0. The Labute approximate surface area is 80.7 Å². The van der Waals surface area contributed by atoms with Crippen LogP contribution in [-0.4, -0.2) is 11.3 Å². The summed E-state index contributed by atoms with van der Waals surface area (Å²) in [5, 5.41) is 7.76. The molecule has 0 aliphatic carbocycles. The second-order valence-corrected chi connectivity index (χ2v) is 3.41. The van der Waals surface area contributed by atoms with Gasteiger partial charge in [-0.05, 0) is 23.6 Å². The minimum atomic E-state index is 1.21. The number of hydrazine groups is 1. The van der Waals surface area contributed by atoms with E-state index < -0.39 is 0 Å². The van der Waals surface area contributed by atoms with Crippen LogP contribution < -0.4 is 5.43 Å². The number of nitrogens with one attached hydrogen (secondary N) is 1. The van der Waals surface area contributed by atoms with Crippen LogP contribution in [0.1, 0.15) is 4.88 Å². The second-order valence-electron chi connectivity index (χ2n) is 2.43. The Morgan fingerprint density at radius 2 is 2.54 bits per heavy atom. The molecule has 1 aromatic rings. The molecular formula is C9H9N3S. The van der Waals surface area contributed by atoms with E-state index in [1.807, 2.05) is 36.0 Å². The molecule has 13 heavy (non-hydrogen) atoms. The van der Waals surface area contributed by atoms with Gasteiger partial charge < -0.3 is 0 Å². The fraction of sp³-hybridized carbons (Fsp3) is 0. The van der Waals surface area contributed by atoms with Gasteiger partial charge in [-0.1, -0.05) is 6.07 Å². The normalized spacial score (nSPS) is 15.2. The molecule has 0 saturated carbocycles. The van der Waals surface area contributed by atoms with Gasteiger partial charge >= 0.3 is 0 Å². The average molecular weight is 191 g/mol. The first-order valence-corrected chi connectivity index (χ1v) is 4.79. The molecule has 4 heteroatoms. The zero-order chi connectivity index (χ0) is 8.93. The van der Waals surface area contributed by atoms with Crippen LogP contribution in [0.3, 0.4) is 0 Å². The quantitative estimate of drug-likeness (QED) is 0.774. The Bertz CT molecular complexity index is 338. The van der Waals surface area contributed by atoms with Gasteiger partial charge in [0.2, 0.25) is 0 Å². The Hall–Kier alpha value is -1.55. The molecule has 0 amide bonds. The van der Waals surface area contributed by atoms with Gasteiger partial charge in [-0.3, -0.25) is 5.43 Å². The van der Waals surface area contributed by atoms with Crippen LogP contribution in [0.25, 0.3) is 6.08 Å². The maximum atomic E-state index is 4.06. The van der Waals surface area contributed by atoms with Crippen LogP contribution >= 0.6 is 11.3 Å². The van der Waals surface area contributed by atoms with E-state index in [9.17, 15) is 0 Å². The molecule has 0 spiro atoms. The molecule has 0 aromatic carbocycles. The lowest BCUT2D eigenvalue weighted by atomic mass is 10.4. The summed E-state index contributed by atoms with van der Waals surface area (Å²) in [6.45, 7) is 0. The van der Waals surface area contributed by atoms with Crippen molar-refractivity contribution >= 4 is 23.6 Å². The van der Waals surface area contributed by atoms with Gasteiger partial charge in [0.1, 0.15) is 0 Å². The first-order valence-electron chi connectivity index (χ1n) is 3.91. The number of allylic oxidation sites excluding steroid dienone is 1. The third-order valence-electron chi connectivity index (χ3n) is 1.50. The predicted octanol–water partition coefficient (Wildman–Crippen LogP) is 2.04. The Morgan fingerprint density at radius 1 is 1.54 bits per heavy atom. The third-order valence-corrected chi connectivity index (χ3v) is 2.34. The molecule has 1 aliphatic heterocycles. The second kappa shape index (κ2) is 3.91. The lowest BCUT2D eigenvalue weighted by Crippen LogP contribution is -2.25. The van der Waals surface area contributed by atoms with E-state index in [0.29, 0.717) is 0 Å². The van der Waals surface area contributed by atoms with Crippen LogP contribution in [0, 0.1) is 0 Å². The SMILES string of the molecule is C1=CNN(/C=C/c2cccs2)N=C1. The van der Waals surface area contributed by atoms with Gasteiger partial charge in [0.15, 0.2) is 0 Å². The topological polar surface area (TPSA) is 27.6 Å². The van der Waals surface area contributed by atoms with Gasteiger partial charge in [-0.15, -0.1) is 11.3 Å². The third kappa shape index (κ3) is 2.19. The molecule has 0 fully saturated rings. The van der Waals surface area contributed by atoms with Crippen molar-refractivity contribution in [3.63, 3.8) is 0 Å². The van der Waals surface area contributed by atoms with E-state index in [2.05, 4.69) is 16.6 Å². The fourth-order valence-corrected chi connectivity index (χ4v) is 1.53. The van der Waals surface area contributed by atoms with Gasteiger partial charge in [-0.25, -0.2) is 0 Å². The van der Waals surface area contributed by atoms with Gasteiger partial charge in [-0.2, -0.15) is 10.2 Å².